The third kappa shape index (κ3) is 5.88. The number of hydrogen-bond donors (Lipinski definition) is 1. The van der Waals surface area contributed by atoms with Crippen molar-refractivity contribution in [2.24, 2.45) is 0 Å². The van der Waals surface area contributed by atoms with Crippen molar-refractivity contribution in [2.75, 3.05) is 12.4 Å². The molecule has 4 nitrogen and oxygen atoms in total. The van der Waals surface area contributed by atoms with Gasteiger partial charge in [-0.1, -0.05) is 0 Å². The summed E-state index contributed by atoms with van der Waals surface area (Å²) in [6, 6.07) is 3.80. The van der Waals surface area contributed by atoms with Crippen LogP contribution in [0.5, 0.6) is 0 Å². The number of hydrogen-bond acceptors (Lipinski definition) is 5. The largest absolute Gasteiger partial charge is 0.478 e. The fourth-order valence-electron chi connectivity index (χ4n) is 1.15. The molecule has 0 unspecified atom stereocenters. The van der Waals surface area contributed by atoms with Gasteiger partial charge in [-0.25, -0.2) is 4.79 Å². The van der Waals surface area contributed by atoms with E-state index < -0.39 is 5.97 Å². The fraction of sp³-hybridized carbons (Fsp3) is 0.333. The molecule has 0 bridgehead atoms. The Kier molecular flexibility index (Phi) is 6.53. The molecule has 1 N–H and O–H groups in total. The first-order chi connectivity index (χ1) is 8.61. The summed E-state index contributed by atoms with van der Waals surface area (Å²) in [4.78, 5) is 23.4. The second-order valence-electron chi connectivity index (χ2n) is 3.27. The van der Waals surface area contributed by atoms with E-state index in [9.17, 15) is 9.59 Å². The fourth-order valence-corrected chi connectivity index (χ4v) is 3.00. The number of thiophene rings is 1. The van der Waals surface area contributed by atoms with Crippen molar-refractivity contribution in [3.8, 4) is 0 Å². The van der Waals surface area contributed by atoms with Crippen LogP contribution in [-0.2, 0) is 20.1 Å². The number of carboxylic acid groups (broad SMARTS) is 1. The zero-order valence-electron chi connectivity index (χ0n) is 9.92. The molecule has 0 saturated carbocycles. The van der Waals surface area contributed by atoms with Gasteiger partial charge in [-0.3, -0.25) is 4.79 Å². The Morgan fingerprint density at radius 1 is 1.50 bits per heavy atom. The second kappa shape index (κ2) is 7.94. The van der Waals surface area contributed by atoms with Crippen LogP contribution >= 0.6 is 23.1 Å². The lowest BCUT2D eigenvalue weighted by Gasteiger charge is -2.00. The van der Waals surface area contributed by atoms with Crippen LogP contribution in [0.1, 0.15) is 16.7 Å². The highest BCUT2D eigenvalue weighted by Gasteiger charge is 2.03. The van der Waals surface area contributed by atoms with Crippen LogP contribution in [0.2, 0.25) is 0 Å². The molecule has 0 radical (unpaired) electrons. The first-order valence-corrected chi connectivity index (χ1v) is 7.32. The number of carbonyl (C=O) groups excluding carboxylic acids is 1. The van der Waals surface area contributed by atoms with Crippen molar-refractivity contribution in [1.82, 2.24) is 0 Å². The Bertz CT molecular complexity index is 437. The summed E-state index contributed by atoms with van der Waals surface area (Å²) < 4.78 is 4.82. The molecule has 0 saturated heterocycles. The first kappa shape index (κ1) is 14.8. The Labute approximate surface area is 114 Å². The van der Waals surface area contributed by atoms with Crippen molar-refractivity contribution in [3.63, 3.8) is 0 Å². The van der Waals surface area contributed by atoms with Gasteiger partial charge in [0.05, 0.1) is 12.4 Å². The number of carboxylic acids is 1. The van der Waals surface area contributed by atoms with Crippen molar-refractivity contribution in [2.45, 2.75) is 12.7 Å². The van der Waals surface area contributed by atoms with E-state index in [-0.39, 0.29) is 5.97 Å². The van der Waals surface area contributed by atoms with Crippen LogP contribution in [0, 0.1) is 0 Å². The molecular weight excluding hydrogens is 272 g/mol. The first-order valence-electron chi connectivity index (χ1n) is 5.35. The molecule has 0 aliphatic heterocycles. The molecule has 1 rings (SSSR count). The molecule has 0 atom stereocenters. The molecule has 0 aromatic carbocycles. The highest BCUT2D eigenvalue weighted by molar-refractivity contribution is 7.99. The van der Waals surface area contributed by atoms with Crippen LogP contribution in [0.4, 0.5) is 0 Å². The predicted molar refractivity (Wildman–Crippen MR) is 73.8 cm³/mol. The SMILES string of the molecule is CCOC(=O)CSCc1ccc(C=CC(=O)O)s1. The predicted octanol–water partition coefficient (Wildman–Crippen LogP) is 2.64. The molecule has 6 heteroatoms. The number of esters is 1. The molecule has 1 heterocycles. The summed E-state index contributed by atoms with van der Waals surface area (Å²) in [7, 11) is 0. The summed E-state index contributed by atoms with van der Waals surface area (Å²) in [5.41, 5.74) is 0. The summed E-state index contributed by atoms with van der Waals surface area (Å²) in [5, 5.41) is 8.50. The van der Waals surface area contributed by atoms with Crippen LogP contribution in [0.15, 0.2) is 18.2 Å². The highest BCUT2D eigenvalue weighted by Crippen LogP contribution is 2.22. The number of aliphatic carboxylic acids is 1. The number of thioether (sulfide) groups is 1. The lowest BCUT2D eigenvalue weighted by Crippen LogP contribution is -2.06. The average Bonchev–Trinajstić information content (AvgIpc) is 2.75. The van der Waals surface area contributed by atoms with E-state index >= 15 is 0 Å². The zero-order chi connectivity index (χ0) is 13.4. The minimum absolute atomic E-state index is 0.204. The van der Waals surface area contributed by atoms with Gasteiger partial charge in [0.2, 0.25) is 0 Å². The minimum atomic E-state index is -0.957. The summed E-state index contributed by atoms with van der Waals surface area (Å²) in [6.07, 6.45) is 2.67. The molecule has 1 aromatic rings. The standard InChI is InChI=1S/C12H14O4S2/c1-2-16-12(15)8-17-7-10-4-3-9(18-10)5-6-11(13)14/h3-6H,2,7-8H2,1H3,(H,13,14). The maximum Gasteiger partial charge on any atom is 0.328 e. The van der Waals surface area contributed by atoms with Gasteiger partial charge in [0.1, 0.15) is 0 Å². The normalized spacial score (nSPS) is 10.7. The topological polar surface area (TPSA) is 63.6 Å². The molecule has 0 fully saturated rings. The number of rotatable bonds is 7. The molecule has 1 aromatic heterocycles. The van der Waals surface area contributed by atoms with Gasteiger partial charge in [0.25, 0.3) is 0 Å². The second-order valence-corrected chi connectivity index (χ2v) is 5.46. The van der Waals surface area contributed by atoms with E-state index in [1.165, 1.54) is 23.1 Å². The van der Waals surface area contributed by atoms with Crippen LogP contribution in [0.3, 0.4) is 0 Å². The Balaban J connectivity index is 2.35. The van der Waals surface area contributed by atoms with Crippen LogP contribution < -0.4 is 0 Å². The summed E-state index contributed by atoms with van der Waals surface area (Å²) in [6.45, 7) is 2.19. The summed E-state index contributed by atoms with van der Waals surface area (Å²) in [5.74, 6) is -0.0946. The molecule has 0 spiro atoms. The maximum absolute atomic E-state index is 11.1. The molecule has 18 heavy (non-hydrogen) atoms. The highest BCUT2D eigenvalue weighted by atomic mass is 32.2. The van der Waals surface area contributed by atoms with Gasteiger partial charge in [-0.05, 0) is 25.1 Å². The molecular formula is C12H14O4S2. The lowest BCUT2D eigenvalue weighted by atomic mass is 10.4. The summed E-state index contributed by atoms with van der Waals surface area (Å²) >= 11 is 3.00. The van der Waals surface area contributed by atoms with Crippen molar-refractivity contribution in [3.05, 3.63) is 28.0 Å². The zero-order valence-corrected chi connectivity index (χ0v) is 11.6. The average molecular weight is 286 g/mol. The Hall–Kier alpha value is -1.27. The number of ether oxygens (including phenoxy) is 1. The van der Waals surface area contributed by atoms with E-state index in [4.69, 9.17) is 9.84 Å². The quantitative estimate of drug-likeness (QED) is 0.616. The van der Waals surface area contributed by atoms with Gasteiger partial charge >= 0.3 is 11.9 Å². The van der Waals surface area contributed by atoms with Gasteiger partial charge in [-0.15, -0.1) is 23.1 Å². The van der Waals surface area contributed by atoms with E-state index in [0.717, 1.165) is 21.6 Å². The van der Waals surface area contributed by atoms with E-state index in [1.807, 2.05) is 12.1 Å². The molecule has 98 valence electrons. The third-order valence-corrected chi connectivity index (χ3v) is 4.03. The van der Waals surface area contributed by atoms with E-state index in [2.05, 4.69) is 0 Å². The maximum atomic E-state index is 11.1. The number of carbonyl (C=O) groups is 2. The van der Waals surface area contributed by atoms with E-state index in [1.54, 1.807) is 13.0 Å². The Morgan fingerprint density at radius 2 is 2.28 bits per heavy atom. The third-order valence-electron chi connectivity index (χ3n) is 1.84. The minimum Gasteiger partial charge on any atom is -0.478 e. The van der Waals surface area contributed by atoms with Gasteiger partial charge in [-0.2, -0.15) is 0 Å². The molecule has 0 aliphatic carbocycles. The van der Waals surface area contributed by atoms with E-state index in [0.29, 0.717) is 12.4 Å². The lowest BCUT2D eigenvalue weighted by molar-refractivity contribution is -0.139. The smallest absolute Gasteiger partial charge is 0.328 e. The van der Waals surface area contributed by atoms with Gasteiger partial charge < -0.3 is 9.84 Å². The van der Waals surface area contributed by atoms with Crippen LogP contribution in [0.25, 0.3) is 6.08 Å². The monoisotopic (exact) mass is 286 g/mol. The van der Waals surface area contributed by atoms with Gasteiger partial charge in [0.15, 0.2) is 0 Å². The van der Waals surface area contributed by atoms with Crippen molar-refractivity contribution >= 4 is 41.1 Å². The van der Waals surface area contributed by atoms with Crippen molar-refractivity contribution < 1.29 is 19.4 Å². The van der Waals surface area contributed by atoms with Crippen LogP contribution in [-0.4, -0.2) is 29.4 Å². The molecule has 0 aliphatic rings. The van der Waals surface area contributed by atoms with Gasteiger partial charge in [0, 0.05) is 21.6 Å². The Morgan fingerprint density at radius 3 is 2.94 bits per heavy atom. The van der Waals surface area contributed by atoms with Crippen molar-refractivity contribution in [1.29, 1.82) is 0 Å². The molecule has 0 amide bonds.